The molecule has 1 unspecified atom stereocenters. The van der Waals surface area contributed by atoms with Crippen LogP contribution in [0.25, 0.3) is 0 Å². The first kappa shape index (κ1) is 13.3. The Morgan fingerprint density at radius 3 is 2.24 bits per heavy atom. The zero-order chi connectivity index (χ0) is 12.5. The fraction of sp³-hybridized carbons (Fsp3) is 1.00. The van der Waals surface area contributed by atoms with Crippen LogP contribution in [0.2, 0.25) is 0 Å². The molecule has 1 atom stereocenters. The van der Waals surface area contributed by atoms with Crippen LogP contribution in [0, 0.1) is 11.8 Å². The predicted molar refractivity (Wildman–Crippen MR) is 70.8 cm³/mol. The normalized spacial score (nSPS) is 33.7. The highest BCUT2D eigenvalue weighted by molar-refractivity contribution is 5.00. The van der Waals surface area contributed by atoms with Crippen molar-refractivity contribution in [2.24, 2.45) is 17.6 Å². The van der Waals surface area contributed by atoms with Crippen molar-refractivity contribution in [3.63, 3.8) is 0 Å². The minimum Gasteiger partial charge on any atom is -0.394 e. The molecule has 0 saturated heterocycles. The molecule has 3 nitrogen and oxygen atoms in total. The van der Waals surface area contributed by atoms with Crippen molar-refractivity contribution < 1.29 is 5.11 Å². The molecule has 17 heavy (non-hydrogen) atoms. The van der Waals surface area contributed by atoms with Gasteiger partial charge in [-0.05, 0) is 57.4 Å². The Labute approximate surface area is 105 Å². The van der Waals surface area contributed by atoms with Gasteiger partial charge in [-0.15, -0.1) is 0 Å². The van der Waals surface area contributed by atoms with Crippen molar-refractivity contribution in [2.45, 2.75) is 57.0 Å². The first-order chi connectivity index (χ1) is 8.05. The monoisotopic (exact) mass is 240 g/mol. The number of nitrogens with zero attached hydrogens (tertiary/aromatic N) is 1. The number of hydrogen-bond donors (Lipinski definition) is 2. The zero-order valence-corrected chi connectivity index (χ0v) is 11.4. The lowest BCUT2D eigenvalue weighted by molar-refractivity contribution is 0.0929. The van der Waals surface area contributed by atoms with E-state index in [0.717, 1.165) is 12.5 Å². The van der Waals surface area contributed by atoms with Gasteiger partial charge in [0.05, 0.1) is 12.1 Å². The molecule has 2 saturated carbocycles. The Bertz CT molecular complexity index is 247. The van der Waals surface area contributed by atoms with E-state index in [1.807, 2.05) is 0 Å². The molecule has 0 aromatic rings. The Kier molecular flexibility index (Phi) is 4.11. The molecule has 0 aliphatic heterocycles. The lowest BCUT2D eigenvalue weighted by Gasteiger charge is -2.39. The molecule has 0 amide bonds. The third-order valence-electron chi connectivity index (χ3n) is 4.84. The van der Waals surface area contributed by atoms with Gasteiger partial charge in [-0.1, -0.05) is 6.92 Å². The Morgan fingerprint density at radius 1 is 1.18 bits per heavy atom. The van der Waals surface area contributed by atoms with E-state index in [9.17, 15) is 5.11 Å². The summed E-state index contributed by atoms with van der Waals surface area (Å²) >= 11 is 0. The van der Waals surface area contributed by atoms with Crippen LogP contribution in [0.15, 0.2) is 0 Å². The van der Waals surface area contributed by atoms with Crippen molar-refractivity contribution in [2.75, 3.05) is 20.2 Å². The van der Waals surface area contributed by atoms with Gasteiger partial charge in [0.25, 0.3) is 0 Å². The summed E-state index contributed by atoms with van der Waals surface area (Å²) in [6, 6.07) is 0.680. The van der Waals surface area contributed by atoms with Crippen LogP contribution >= 0.6 is 0 Å². The van der Waals surface area contributed by atoms with E-state index in [-0.39, 0.29) is 12.1 Å². The quantitative estimate of drug-likeness (QED) is 0.767. The summed E-state index contributed by atoms with van der Waals surface area (Å²) in [4.78, 5) is 2.40. The number of aliphatic hydroxyl groups is 1. The first-order valence-electron chi connectivity index (χ1n) is 7.15. The van der Waals surface area contributed by atoms with Crippen molar-refractivity contribution in [1.29, 1.82) is 0 Å². The molecule has 0 spiro atoms. The smallest absolute Gasteiger partial charge is 0.0626 e. The second-order valence-electron chi connectivity index (χ2n) is 6.49. The van der Waals surface area contributed by atoms with Crippen LogP contribution in [-0.4, -0.2) is 41.8 Å². The molecule has 3 heteroatoms. The Balaban J connectivity index is 1.85. The molecule has 0 heterocycles. The second kappa shape index (κ2) is 5.25. The van der Waals surface area contributed by atoms with E-state index in [0.29, 0.717) is 12.0 Å². The van der Waals surface area contributed by atoms with Crippen LogP contribution in [0.5, 0.6) is 0 Å². The average molecular weight is 240 g/mol. The Hall–Kier alpha value is -0.120. The summed E-state index contributed by atoms with van der Waals surface area (Å²) in [5.41, 5.74) is 6.00. The Morgan fingerprint density at radius 2 is 1.76 bits per heavy atom. The maximum absolute atomic E-state index is 9.53. The number of likely N-dealkylation sites (N-methyl/N-ethyl adjacent to an activating group) is 1. The lowest BCUT2D eigenvalue weighted by atomic mass is 9.85. The van der Waals surface area contributed by atoms with Crippen molar-refractivity contribution in [3.05, 3.63) is 0 Å². The SMILES string of the molecule is CC1CCC(N(C)CC(N)(CO)C2CC2)CC1. The van der Waals surface area contributed by atoms with Gasteiger partial charge < -0.3 is 15.7 Å². The molecule has 100 valence electrons. The lowest BCUT2D eigenvalue weighted by Crippen LogP contribution is -2.56. The highest BCUT2D eigenvalue weighted by Gasteiger charge is 2.43. The largest absolute Gasteiger partial charge is 0.394 e. The highest BCUT2D eigenvalue weighted by Crippen LogP contribution is 2.39. The molecule has 2 aliphatic rings. The van der Waals surface area contributed by atoms with Gasteiger partial charge >= 0.3 is 0 Å². The van der Waals surface area contributed by atoms with Gasteiger partial charge in [0.1, 0.15) is 0 Å². The molecule has 0 aromatic heterocycles. The van der Waals surface area contributed by atoms with Crippen molar-refractivity contribution >= 4 is 0 Å². The summed E-state index contributed by atoms with van der Waals surface area (Å²) in [5.74, 6) is 1.45. The van der Waals surface area contributed by atoms with Crippen molar-refractivity contribution in [3.8, 4) is 0 Å². The molecule has 0 bridgehead atoms. The van der Waals surface area contributed by atoms with Crippen LogP contribution < -0.4 is 5.73 Å². The van der Waals surface area contributed by atoms with E-state index in [4.69, 9.17) is 5.73 Å². The van der Waals surface area contributed by atoms with Gasteiger partial charge in [-0.3, -0.25) is 0 Å². The van der Waals surface area contributed by atoms with Crippen LogP contribution in [-0.2, 0) is 0 Å². The number of nitrogens with two attached hydrogens (primary N) is 1. The zero-order valence-electron chi connectivity index (χ0n) is 11.4. The van der Waals surface area contributed by atoms with Crippen LogP contribution in [0.1, 0.15) is 45.4 Å². The summed E-state index contributed by atoms with van der Waals surface area (Å²) in [6.07, 6.45) is 7.68. The van der Waals surface area contributed by atoms with E-state index in [2.05, 4.69) is 18.9 Å². The maximum atomic E-state index is 9.53. The van der Waals surface area contributed by atoms with E-state index in [1.54, 1.807) is 0 Å². The average Bonchev–Trinajstić information content (AvgIpc) is 3.13. The molecular formula is C14H28N2O. The molecule has 2 aliphatic carbocycles. The fourth-order valence-electron chi connectivity index (χ4n) is 3.24. The van der Waals surface area contributed by atoms with Gasteiger partial charge in [-0.25, -0.2) is 0 Å². The number of hydrogen-bond acceptors (Lipinski definition) is 3. The van der Waals surface area contributed by atoms with E-state index < -0.39 is 0 Å². The van der Waals surface area contributed by atoms with Crippen LogP contribution in [0.4, 0.5) is 0 Å². The summed E-state index contributed by atoms with van der Waals surface area (Å²) < 4.78 is 0. The minimum atomic E-state index is -0.349. The molecule has 2 rings (SSSR count). The van der Waals surface area contributed by atoms with Gasteiger partial charge in [0, 0.05) is 12.6 Å². The van der Waals surface area contributed by atoms with Gasteiger partial charge in [0.2, 0.25) is 0 Å². The van der Waals surface area contributed by atoms with Gasteiger partial charge in [0.15, 0.2) is 0 Å². The second-order valence-corrected chi connectivity index (χ2v) is 6.49. The maximum Gasteiger partial charge on any atom is 0.0626 e. The molecular weight excluding hydrogens is 212 g/mol. The van der Waals surface area contributed by atoms with E-state index >= 15 is 0 Å². The van der Waals surface area contributed by atoms with Gasteiger partial charge in [-0.2, -0.15) is 0 Å². The predicted octanol–water partition coefficient (Wildman–Crippen LogP) is 1.60. The molecule has 0 radical (unpaired) electrons. The van der Waals surface area contributed by atoms with Crippen molar-refractivity contribution in [1.82, 2.24) is 4.90 Å². The summed E-state index contributed by atoms with van der Waals surface area (Å²) in [7, 11) is 2.18. The van der Waals surface area contributed by atoms with E-state index in [1.165, 1.54) is 38.5 Å². The minimum absolute atomic E-state index is 0.130. The highest BCUT2D eigenvalue weighted by atomic mass is 16.3. The topological polar surface area (TPSA) is 49.5 Å². The molecule has 3 N–H and O–H groups in total. The third kappa shape index (κ3) is 3.21. The third-order valence-corrected chi connectivity index (χ3v) is 4.84. The fourth-order valence-corrected chi connectivity index (χ4v) is 3.24. The number of rotatable bonds is 5. The number of aliphatic hydroxyl groups excluding tert-OH is 1. The summed E-state index contributed by atoms with van der Waals surface area (Å²) in [6.45, 7) is 3.33. The molecule has 0 aromatic carbocycles. The first-order valence-corrected chi connectivity index (χ1v) is 7.15. The summed E-state index contributed by atoms with van der Waals surface area (Å²) in [5, 5.41) is 9.53. The molecule has 2 fully saturated rings. The standard InChI is InChI=1S/C14H28N2O/c1-11-3-7-13(8-4-11)16(2)9-14(15,10-17)12-5-6-12/h11-13,17H,3-10,15H2,1-2H3. The van der Waals surface area contributed by atoms with Crippen LogP contribution in [0.3, 0.4) is 0 Å².